The topological polar surface area (TPSA) is 66.6 Å². The van der Waals surface area contributed by atoms with Gasteiger partial charge in [0.05, 0.1) is 11.1 Å². The first-order valence-corrected chi connectivity index (χ1v) is 12.8. The summed E-state index contributed by atoms with van der Waals surface area (Å²) in [6.07, 6.45) is 1.35. The quantitative estimate of drug-likeness (QED) is 0.376. The summed E-state index contributed by atoms with van der Waals surface area (Å²) in [6, 6.07) is 12.3. The third kappa shape index (κ3) is 4.38. The first-order valence-electron chi connectivity index (χ1n) is 12.8. The summed E-state index contributed by atoms with van der Waals surface area (Å²) in [5.74, 6) is 1.80. The van der Waals surface area contributed by atoms with Gasteiger partial charge < -0.3 is 9.80 Å². The van der Waals surface area contributed by atoms with Crippen molar-refractivity contribution in [2.45, 2.75) is 44.2 Å². The van der Waals surface area contributed by atoms with Crippen LogP contribution < -0.4 is 4.90 Å². The molecule has 0 atom stereocenters. The van der Waals surface area contributed by atoms with E-state index in [0.29, 0.717) is 32.1 Å². The number of hydrogen-bond donors (Lipinski definition) is 0. The van der Waals surface area contributed by atoms with Crippen molar-refractivity contribution in [1.82, 2.24) is 24.5 Å². The Balaban J connectivity index is 1.28. The monoisotopic (exact) mass is 508 g/mol. The van der Waals surface area contributed by atoms with Crippen LogP contribution in [0.15, 0.2) is 48.5 Å². The molecule has 1 aliphatic carbocycles. The fraction of sp³-hybridized carbons (Fsp3) is 0.407. The maximum absolute atomic E-state index is 13.0. The maximum atomic E-state index is 13.0. The van der Waals surface area contributed by atoms with E-state index in [-0.39, 0.29) is 11.5 Å². The van der Waals surface area contributed by atoms with Crippen LogP contribution in [0.4, 0.5) is 19.1 Å². The molecule has 0 spiro atoms. The van der Waals surface area contributed by atoms with E-state index < -0.39 is 11.7 Å². The Morgan fingerprint density at radius 1 is 0.865 bits per heavy atom. The fourth-order valence-electron chi connectivity index (χ4n) is 5.52. The fourth-order valence-corrected chi connectivity index (χ4v) is 5.52. The number of amides is 1. The summed E-state index contributed by atoms with van der Waals surface area (Å²) in [4.78, 5) is 21.9. The number of alkyl halides is 3. The predicted molar refractivity (Wildman–Crippen MR) is 134 cm³/mol. The molecule has 0 bridgehead atoms. The van der Waals surface area contributed by atoms with Gasteiger partial charge in [0, 0.05) is 43.0 Å². The van der Waals surface area contributed by atoms with Gasteiger partial charge in [-0.05, 0) is 49.2 Å². The number of halogens is 3. The van der Waals surface area contributed by atoms with Crippen LogP contribution in [0.5, 0.6) is 0 Å². The maximum Gasteiger partial charge on any atom is 0.416 e. The molecule has 2 aromatic carbocycles. The third-order valence-electron chi connectivity index (χ3n) is 7.53. The zero-order chi connectivity index (χ0) is 25.6. The number of piperazine rings is 1. The highest BCUT2D eigenvalue weighted by atomic mass is 19.4. The second kappa shape index (κ2) is 9.32. The van der Waals surface area contributed by atoms with Crippen LogP contribution in [0.2, 0.25) is 0 Å². The van der Waals surface area contributed by atoms with E-state index in [4.69, 9.17) is 4.98 Å². The molecule has 1 saturated heterocycles. The van der Waals surface area contributed by atoms with Gasteiger partial charge in [-0.25, -0.2) is 9.38 Å². The Morgan fingerprint density at radius 2 is 1.57 bits per heavy atom. The van der Waals surface area contributed by atoms with Crippen molar-refractivity contribution < 1.29 is 18.0 Å². The van der Waals surface area contributed by atoms with E-state index in [1.807, 2.05) is 24.3 Å². The summed E-state index contributed by atoms with van der Waals surface area (Å²) in [7, 11) is 0. The normalized spacial score (nSPS) is 17.6. The first kappa shape index (κ1) is 23.7. The molecule has 2 fully saturated rings. The van der Waals surface area contributed by atoms with Crippen LogP contribution in [0.1, 0.15) is 59.8 Å². The molecule has 3 heterocycles. The van der Waals surface area contributed by atoms with E-state index in [2.05, 4.69) is 19.5 Å². The van der Waals surface area contributed by atoms with E-state index in [0.717, 1.165) is 53.3 Å². The number of aromatic nitrogens is 4. The van der Waals surface area contributed by atoms with Gasteiger partial charge in [0.15, 0.2) is 5.65 Å². The Morgan fingerprint density at radius 3 is 2.27 bits per heavy atom. The molecule has 37 heavy (non-hydrogen) atoms. The molecule has 0 unspecified atom stereocenters. The van der Waals surface area contributed by atoms with E-state index in [9.17, 15) is 18.0 Å². The second-order valence-corrected chi connectivity index (χ2v) is 9.84. The highest BCUT2D eigenvalue weighted by Crippen LogP contribution is 2.35. The Bertz CT molecular complexity index is 1430. The minimum absolute atomic E-state index is 0.256. The average molecular weight is 509 g/mol. The van der Waals surface area contributed by atoms with Crippen molar-refractivity contribution in [3.63, 3.8) is 0 Å². The van der Waals surface area contributed by atoms with Crippen molar-refractivity contribution in [3.8, 4) is 0 Å². The number of carbonyl (C=O) groups is 1. The number of fused-ring (bicyclic) bond motifs is 3. The van der Waals surface area contributed by atoms with Crippen LogP contribution in [-0.2, 0) is 6.18 Å². The van der Waals surface area contributed by atoms with Crippen molar-refractivity contribution in [3.05, 3.63) is 65.5 Å². The molecular formula is C27H27F3N6O. The highest BCUT2D eigenvalue weighted by Gasteiger charge is 2.31. The SMILES string of the molecule is O=C(c1ccc(C(F)(F)F)cc1)N1CCN(c2nc3ccccc3c3nnc(C4CCCCC4)n23)CC1. The molecule has 192 valence electrons. The third-order valence-corrected chi connectivity index (χ3v) is 7.53. The largest absolute Gasteiger partial charge is 0.416 e. The van der Waals surface area contributed by atoms with Gasteiger partial charge in [0.2, 0.25) is 5.95 Å². The number of anilines is 1. The molecule has 7 nitrogen and oxygen atoms in total. The minimum atomic E-state index is -4.43. The van der Waals surface area contributed by atoms with Gasteiger partial charge in [0.1, 0.15) is 5.82 Å². The lowest BCUT2D eigenvalue weighted by Crippen LogP contribution is -2.49. The lowest BCUT2D eigenvalue weighted by molar-refractivity contribution is -0.137. The van der Waals surface area contributed by atoms with Crippen molar-refractivity contribution in [1.29, 1.82) is 0 Å². The smallest absolute Gasteiger partial charge is 0.338 e. The van der Waals surface area contributed by atoms with Crippen LogP contribution >= 0.6 is 0 Å². The summed E-state index contributed by atoms with van der Waals surface area (Å²) in [6.45, 7) is 1.98. The lowest BCUT2D eigenvalue weighted by atomic mass is 9.89. The molecule has 1 aliphatic heterocycles. The van der Waals surface area contributed by atoms with Gasteiger partial charge in [-0.15, -0.1) is 10.2 Å². The molecule has 4 aromatic rings. The van der Waals surface area contributed by atoms with Gasteiger partial charge in [-0.2, -0.15) is 13.2 Å². The van der Waals surface area contributed by atoms with E-state index >= 15 is 0 Å². The van der Waals surface area contributed by atoms with Crippen LogP contribution in [0, 0.1) is 0 Å². The molecule has 2 aliphatic rings. The Hall–Kier alpha value is -3.69. The second-order valence-electron chi connectivity index (χ2n) is 9.84. The number of rotatable bonds is 3. The van der Waals surface area contributed by atoms with Gasteiger partial charge in [0.25, 0.3) is 5.91 Å². The van der Waals surface area contributed by atoms with Crippen LogP contribution in [0.25, 0.3) is 16.6 Å². The summed E-state index contributed by atoms with van der Waals surface area (Å²) >= 11 is 0. The zero-order valence-corrected chi connectivity index (χ0v) is 20.3. The Labute approximate surface area is 211 Å². The standard InChI is InChI=1S/C27H27F3N6O/c28-27(29,30)20-12-10-19(11-13-20)25(37)34-14-16-35(17-15-34)26-31-22-9-5-4-8-21(22)24-33-32-23(36(24)26)18-6-2-1-3-7-18/h4-5,8-13,18H,1-3,6-7,14-17H2. The number of benzene rings is 2. The molecule has 10 heteroatoms. The van der Waals surface area contributed by atoms with Crippen LogP contribution in [-0.4, -0.2) is 56.6 Å². The molecule has 0 N–H and O–H groups in total. The molecular weight excluding hydrogens is 481 g/mol. The Kier molecular flexibility index (Phi) is 5.97. The van der Waals surface area contributed by atoms with Crippen molar-refractivity contribution in [2.75, 3.05) is 31.1 Å². The zero-order valence-electron chi connectivity index (χ0n) is 20.3. The molecule has 1 saturated carbocycles. The van der Waals surface area contributed by atoms with Crippen LogP contribution in [0.3, 0.4) is 0 Å². The summed E-state index contributed by atoms with van der Waals surface area (Å²) in [5, 5.41) is 10.2. The lowest BCUT2D eigenvalue weighted by Gasteiger charge is -2.36. The summed E-state index contributed by atoms with van der Waals surface area (Å²) < 4.78 is 40.8. The molecule has 0 radical (unpaired) electrons. The molecule has 1 amide bonds. The predicted octanol–water partition coefficient (Wildman–Crippen LogP) is 5.31. The highest BCUT2D eigenvalue weighted by molar-refractivity contribution is 5.94. The number of carbonyl (C=O) groups excluding carboxylic acids is 1. The summed E-state index contributed by atoms with van der Waals surface area (Å²) in [5.41, 5.74) is 1.13. The molecule has 6 rings (SSSR count). The number of nitrogens with zero attached hydrogens (tertiary/aromatic N) is 6. The van der Waals surface area contributed by atoms with E-state index in [1.165, 1.54) is 31.4 Å². The van der Waals surface area contributed by atoms with Crippen molar-refractivity contribution in [2.24, 2.45) is 0 Å². The number of hydrogen-bond acceptors (Lipinski definition) is 5. The average Bonchev–Trinajstić information content (AvgIpc) is 3.38. The molecule has 2 aromatic heterocycles. The number of para-hydroxylation sites is 1. The van der Waals surface area contributed by atoms with Gasteiger partial charge in [-0.1, -0.05) is 31.4 Å². The van der Waals surface area contributed by atoms with Crippen molar-refractivity contribution >= 4 is 28.4 Å². The minimum Gasteiger partial charge on any atom is -0.338 e. The van der Waals surface area contributed by atoms with E-state index in [1.54, 1.807) is 4.90 Å². The van der Waals surface area contributed by atoms with Gasteiger partial charge >= 0.3 is 6.18 Å². The first-order chi connectivity index (χ1) is 17.9. The van der Waals surface area contributed by atoms with Gasteiger partial charge in [-0.3, -0.25) is 4.79 Å².